The quantitative estimate of drug-likeness (QED) is 0.279. The molecule has 0 unspecified atom stereocenters. The maximum absolute atomic E-state index is 12.2. The third-order valence-electron chi connectivity index (χ3n) is 4.18. The maximum atomic E-state index is 12.2. The number of aliphatic imine (C=N–C) groups is 1. The molecule has 0 amide bonds. The number of nitrogens with one attached hydrogen (secondary N) is 2. The van der Waals surface area contributed by atoms with Crippen LogP contribution < -0.4 is 10.6 Å². The topological polar surface area (TPSA) is 68.0 Å². The minimum absolute atomic E-state index is 0.0793. The summed E-state index contributed by atoms with van der Waals surface area (Å²) in [5, 5.41) is 6.57. The number of hydrogen-bond donors (Lipinski definition) is 2. The molecule has 0 bridgehead atoms. The van der Waals surface area contributed by atoms with Crippen molar-refractivity contribution >= 4 is 5.96 Å². The van der Waals surface area contributed by atoms with Crippen LogP contribution in [0.25, 0.3) is 0 Å². The Morgan fingerprint density at radius 3 is 2.45 bits per heavy atom. The second-order valence-corrected chi connectivity index (χ2v) is 6.82. The van der Waals surface area contributed by atoms with Crippen LogP contribution in [0.5, 0.6) is 0 Å². The second kappa shape index (κ2) is 13.7. The SMILES string of the molecule is CCOCCCNC(=NCc1ccc(COCC(F)(F)F)cc1)NCCc1ccco1. The molecule has 1 aromatic carbocycles. The van der Waals surface area contributed by atoms with Crippen molar-refractivity contribution < 1.29 is 27.1 Å². The van der Waals surface area contributed by atoms with Crippen molar-refractivity contribution in [3.05, 3.63) is 59.5 Å². The van der Waals surface area contributed by atoms with Crippen molar-refractivity contribution in [2.75, 3.05) is 32.9 Å². The first-order chi connectivity index (χ1) is 15.0. The highest BCUT2D eigenvalue weighted by molar-refractivity contribution is 5.79. The highest BCUT2D eigenvalue weighted by Gasteiger charge is 2.27. The molecule has 0 saturated carbocycles. The fourth-order valence-electron chi connectivity index (χ4n) is 2.65. The molecule has 31 heavy (non-hydrogen) atoms. The van der Waals surface area contributed by atoms with Gasteiger partial charge in [0, 0.05) is 32.7 Å². The van der Waals surface area contributed by atoms with E-state index in [1.54, 1.807) is 18.4 Å². The number of nitrogens with zero attached hydrogens (tertiary/aromatic N) is 1. The average molecular weight is 441 g/mol. The lowest BCUT2D eigenvalue weighted by molar-refractivity contribution is -0.176. The Hall–Kier alpha value is -2.52. The molecule has 172 valence electrons. The van der Waals surface area contributed by atoms with E-state index in [0.29, 0.717) is 37.8 Å². The van der Waals surface area contributed by atoms with Crippen LogP contribution in [0.3, 0.4) is 0 Å². The number of hydrogen-bond acceptors (Lipinski definition) is 4. The number of rotatable bonds is 13. The smallest absolute Gasteiger partial charge is 0.411 e. The minimum atomic E-state index is -4.31. The molecule has 0 aliphatic carbocycles. The fourth-order valence-corrected chi connectivity index (χ4v) is 2.65. The van der Waals surface area contributed by atoms with Crippen molar-refractivity contribution in [2.24, 2.45) is 4.99 Å². The van der Waals surface area contributed by atoms with Gasteiger partial charge >= 0.3 is 6.18 Å². The van der Waals surface area contributed by atoms with Gasteiger partial charge in [-0.1, -0.05) is 24.3 Å². The largest absolute Gasteiger partial charge is 0.469 e. The lowest BCUT2D eigenvalue weighted by Gasteiger charge is -2.12. The Kier molecular flexibility index (Phi) is 10.9. The van der Waals surface area contributed by atoms with Gasteiger partial charge in [-0.2, -0.15) is 13.2 Å². The molecule has 2 aromatic rings. The van der Waals surface area contributed by atoms with Gasteiger partial charge in [-0.05, 0) is 36.6 Å². The van der Waals surface area contributed by atoms with Crippen molar-refractivity contribution in [3.63, 3.8) is 0 Å². The molecule has 6 nitrogen and oxygen atoms in total. The molecular formula is C22H30F3N3O3. The Morgan fingerprint density at radius 1 is 1.03 bits per heavy atom. The normalized spacial score (nSPS) is 12.2. The molecule has 0 saturated heterocycles. The number of ether oxygens (including phenoxy) is 2. The zero-order chi connectivity index (χ0) is 22.4. The van der Waals surface area contributed by atoms with Gasteiger partial charge in [0.1, 0.15) is 12.4 Å². The molecule has 1 heterocycles. The highest BCUT2D eigenvalue weighted by atomic mass is 19.4. The van der Waals surface area contributed by atoms with Crippen molar-refractivity contribution in [1.29, 1.82) is 0 Å². The van der Waals surface area contributed by atoms with Gasteiger partial charge < -0.3 is 24.5 Å². The molecule has 2 N–H and O–H groups in total. The molecule has 0 radical (unpaired) electrons. The summed E-state index contributed by atoms with van der Waals surface area (Å²) in [6, 6.07) is 11.0. The molecule has 0 aliphatic heterocycles. The van der Waals surface area contributed by atoms with Crippen LogP contribution in [0.2, 0.25) is 0 Å². The number of halogens is 3. The third-order valence-corrected chi connectivity index (χ3v) is 4.18. The molecule has 0 fully saturated rings. The Morgan fingerprint density at radius 2 is 1.77 bits per heavy atom. The first kappa shape index (κ1) is 24.7. The summed E-state index contributed by atoms with van der Waals surface area (Å²) in [6.45, 7) is 3.84. The number of furan rings is 1. The average Bonchev–Trinajstić information content (AvgIpc) is 3.25. The standard InChI is InChI=1S/C22H30F3N3O3/c1-2-29-13-4-11-26-21(27-12-10-20-5-3-14-31-20)28-15-18-6-8-19(9-7-18)16-30-17-22(23,24)25/h3,5-9,14H,2,4,10-13,15-17H2,1H3,(H2,26,27,28). The Bertz CT molecular complexity index is 748. The van der Waals surface area contributed by atoms with E-state index in [1.165, 1.54) is 0 Å². The van der Waals surface area contributed by atoms with Gasteiger partial charge in [0.05, 0.1) is 19.4 Å². The summed E-state index contributed by atoms with van der Waals surface area (Å²) in [7, 11) is 0. The summed E-state index contributed by atoms with van der Waals surface area (Å²) in [5.74, 6) is 1.58. The maximum Gasteiger partial charge on any atom is 0.411 e. The third kappa shape index (κ3) is 11.4. The summed E-state index contributed by atoms with van der Waals surface area (Å²) in [6.07, 6.45) is -1.07. The zero-order valence-corrected chi connectivity index (χ0v) is 17.7. The Labute approximate surface area is 180 Å². The lowest BCUT2D eigenvalue weighted by atomic mass is 10.1. The van der Waals surface area contributed by atoms with Crippen LogP contribution >= 0.6 is 0 Å². The van der Waals surface area contributed by atoms with E-state index < -0.39 is 12.8 Å². The van der Waals surface area contributed by atoms with E-state index in [9.17, 15) is 13.2 Å². The highest BCUT2D eigenvalue weighted by Crippen LogP contribution is 2.16. The van der Waals surface area contributed by atoms with E-state index in [2.05, 4.69) is 20.4 Å². The monoisotopic (exact) mass is 441 g/mol. The van der Waals surface area contributed by atoms with Gasteiger partial charge in [0.15, 0.2) is 5.96 Å². The number of alkyl halides is 3. The summed E-state index contributed by atoms with van der Waals surface area (Å²) in [5.41, 5.74) is 1.63. The van der Waals surface area contributed by atoms with Crippen LogP contribution in [0, 0.1) is 0 Å². The van der Waals surface area contributed by atoms with E-state index >= 15 is 0 Å². The van der Waals surface area contributed by atoms with Crippen molar-refractivity contribution in [3.8, 4) is 0 Å². The van der Waals surface area contributed by atoms with Gasteiger partial charge in [-0.3, -0.25) is 0 Å². The van der Waals surface area contributed by atoms with E-state index in [-0.39, 0.29) is 6.61 Å². The lowest BCUT2D eigenvalue weighted by Crippen LogP contribution is -2.39. The molecule has 0 aliphatic rings. The molecule has 0 spiro atoms. The van der Waals surface area contributed by atoms with Gasteiger partial charge in [-0.15, -0.1) is 0 Å². The minimum Gasteiger partial charge on any atom is -0.469 e. The number of benzene rings is 1. The molecule has 0 atom stereocenters. The van der Waals surface area contributed by atoms with Gasteiger partial charge in [0.2, 0.25) is 0 Å². The molecular weight excluding hydrogens is 411 g/mol. The summed E-state index contributed by atoms with van der Waals surface area (Å²) >= 11 is 0. The van der Waals surface area contributed by atoms with Crippen LogP contribution in [0.1, 0.15) is 30.2 Å². The predicted molar refractivity (Wildman–Crippen MR) is 113 cm³/mol. The predicted octanol–water partition coefficient (Wildman–Crippen LogP) is 4.06. The Balaban J connectivity index is 1.83. The fraction of sp³-hybridized carbons (Fsp3) is 0.500. The van der Waals surface area contributed by atoms with E-state index in [4.69, 9.17) is 9.15 Å². The molecule has 9 heteroatoms. The first-order valence-electron chi connectivity index (χ1n) is 10.3. The van der Waals surface area contributed by atoms with E-state index in [0.717, 1.165) is 30.7 Å². The summed E-state index contributed by atoms with van der Waals surface area (Å²) < 4.78 is 51.8. The zero-order valence-electron chi connectivity index (χ0n) is 17.7. The van der Waals surface area contributed by atoms with Crippen LogP contribution in [-0.4, -0.2) is 45.0 Å². The second-order valence-electron chi connectivity index (χ2n) is 6.82. The van der Waals surface area contributed by atoms with Crippen molar-refractivity contribution in [1.82, 2.24) is 10.6 Å². The van der Waals surface area contributed by atoms with Gasteiger partial charge in [0.25, 0.3) is 0 Å². The van der Waals surface area contributed by atoms with Crippen LogP contribution in [0.4, 0.5) is 13.2 Å². The molecule has 2 rings (SSSR count). The first-order valence-corrected chi connectivity index (χ1v) is 10.3. The van der Waals surface area contributed by atoms with Crippen LogP contribution in [0.15, 0.2) is 52.1 Å². The van der Waals surface area contributed by atoms with E-state index in [1.807, 2.05) is 31.2 Å². The van der Waals surface area contributed by atoms with Crippen molar-refractivity contribution in [2.45, 2.75) is 39.1 Å². The van der Waals surface area contributed by atoms with Gasteiger partial charge in [-0.25, -0.2) is 4.99 Å². The van der Waals surface area contributed by atoms with Crippen LogP contribution in [-0.2, 0) is 29.0 Å². The molecule has 1 aromatic heterocycles. The number of guanidine groups is 1. The summed E-state index contributed by atoms with van der Waals surface area (Å²) in [4.78, 5) is 4.60.